The fourth-order valence-corrected chi connectivity index (χ4v) is 2.44. The van der Waals surface area contributed by atoms with Gasteiger partial charge in [0.05, 0.1) is 0 Å². The number of nitrogens with one attached hydrogen (secondary N) is 1. The number of hydrogen-bond acceptors (Lipinski definition) is 2. The van der Waals surface area contributed by atoms with Gasteiger partial charge in [0.2, 0.25) is 0 Å². The lowest BCUT2D eigenvalue weighted by Gasteiger charge is -2.50. The van der Waals surface area contributed by atoms with Crippen molar-refractivity contribution in [2.45, 2.75) is 44.7 Å². The minimum absolute atomic E-state index is 0.530. The molecule has 0 saturated carbocycles. The third-order valence-corrected chi connectivity index (χ3v) is 3.44. The summed E-state index contributed by atoms with van der Waals surface area (Å²) in [4.78, 5) is 2.61. The van der Waals surface area contributed by atoms with Gasteiger partial charge in [-0.05, 0) is 46.2 Å². The van der Waals surface area contributed by atoms with Crippen molar-refractivity contribution < 1.29 is 0 Å². The van der Waals surface area contributed by atoms with Crippen LogP contribution in [0.4, 0.5) is 0 Å². The van der Waals surface area contributed by atoms with Gasteiger partial charge < -0.3 is 5.32 Å². The minimum atomic E-state index is 0.530. The first kappa shape index (κ1) is 8.52. The van der Waals surface area contributed by atoms with Gasteiger partial charge >= 0.3 is 0 Å². The zero-order valence-electron chi connectivity index (χ0n) is 8.27. The average molecular weight is 168 g/mol. The molecule has 70 valence electrons. The van der Waals surface area contributed by atoms with Crippen molar-refractivity contribution in [1.29, 1.82) is 0 Å². The summed E-state index contributed by atoms with van der Waals surface area (Å²) in [7, 11) is 0. The maximum absolute atomic E-state index is 3.60. The van der Waals surface area contributed by atoms with Crippen molar-refractivity contribution in [3.05, 3.63) is 0 Å². The van der Waals surface area contributed by atoms with Gasteiger partial charge in [-0.1, -0.05) is 0 Å². The molecule has 0 aromatic carbocycles. The third-order valence-electron chi connectivity index (χ3n) is 3.44. The molecule has 2 heteroatoms. The molecule has 12 heavy (non-hydrogen) atoms. The fourth-order valence-electron chi connectivity index (χ4n) is 2.44. The molecule has 0 aromatic rings. The molecule has 2 saturated heterocycles. The highest BCUT2D eigenvalue weighted by Gasteiger charge is 2.40. The van der Waals surface area contributed by atoms with E-state index in [1.54, 1.807) is 0 Å². The summed E-state index contributed by atoms with van der Waals surface area (Å²) in [6.45, 7) is 8.44. The van der Waals surface area contributed by atoms with Crippen LogP contribution in [0.1, 0.15) is 33.1 Å². The van der Waals surface area contributed by atoms with Crippen LogP contribution in [0, 0.1) is 0 Å². The van der Waals surface area contributed by atoms with Crippen molar-refractivity contribution in [3.63, 3.8) is 0 Å². The predicted octanol–water partition coefficient (Wildman–Crippen LogP) is 1.22. The van der Waals surface area contributed by atoms with Gasteiger partial charge in [-0.15, -0.1) is 0 Å². The van der Waals surface area contributed by atoms with Crippen LogP contribution in [0.2, 0.25) is 0 Å². The molecule has 2 fully saturated rings. The Morgan fingerprint density at radius 3 is 2.58 bits per heavy atom. The molecule has 0 amide bonds. The second-order valence-electron chi connectivity index (χ2n) is 4.62. The molecule has 2 heterocycles. The molecule has 0 unspecified atom stereocenters. The Bertz CT molecular complexity index is 161. The molecule has 2 aliphatic rings. The van der Waals surface area contributed by atoms with E-state index in [0.29, 0.717) is 5.54 Å². The third kappa shape index (κ3) is 1.38. The fraction of sp³-hybridized carbons (Fsp3) is 1.00. The molecule has 0 radical (unpaired) electrons. The topological polar surface area (TPSA) is 15.3 Å². The maximum Gasteiger partial charge on any atom is 0.0321 e. The Kier molecular flexibility index (Phi) is 2.13. The number of nitrogens with zero attached hydrogens (tertiary/aromatic N) is 1. The van der Waals surface area contributed by atoms with Crippen LogP contribution in [0.5, 0.6) is 0 Å². The van der Waals surface area contributed by atoms with Gasteiger partial charge in [-0.3, -0.25) is 4.90 Å². The van der Waals surface area contributed by atoms with Gasteiger partial charge in [0.15, 0.2) is 0 Å². The number of hydrogen-bond donors (Lipinski definition) is 1. The minimum Gasteiger partial charge on any atom is -0.310 e. The monoisotopic (exact) mass is 168 g/mol. The maximum atomic E-state index is 3.60. The van der Waals surface area contributed by atoms with Crippen LogP contribution in [-0.2, 0) is 0 Å². The predicted molar refractivity (Wildman–Crippen MR) is 51.3 cm³/mol. The van der Waals surface area contributed by atoms with Gasteiger partial charge in [0, 0.05) is 18.1 Å². The molecule has 1 atom stereocenters. The first-order valence-corrected chi connectivity index (χ1v) is 5.21. The molecule has 0 aliphatic carbocycles. The molecule has 1 spiro atoms. The average Bonchev–Trinajstić information content (AvgIpc) is 2.02. The highest BCUT2D eigenvalue weighted by Crippen LogP contribution is 2.30. The van der Waals surface area contributed by atoms with E-state index >= 15 is 0 Å². The first-order valence-electron chi connectivity index (χ1n) is 5.21. The van der Waals surface area contributed by atoms with E-state index < -0.39 is 0 Å². The van der Waals surface area contributed by atoms with Gasteiger partial charge in [-0.25, -0.2) is 0 Å². The second kappa shape index (κ2) is 3.00. The van der Waals surface area contributed by atoms with Crippen LogP contribution in [0.3, 0.4) is 0 Å². The lowest BCUT2D eigenvalue weighted by Crippen LogP contribution is -2.65. The molecular formula is C10H20N2. The zero-order chi connectivity index (χ0) is 8.60. The molecule has 2 rings (SSSR count). The van der Waals surface area contributed by atoms with Crippen molar-refractivity contribution in [3.8, 4) is 0 Å². The van der Waals surface area contributed by atoms with Crippen molar-refractivity contribution in [1.82, 2.24) is 10.2 Å². The Morgan fingerprint density at radius 2 is 2.08 bits per heavy atom. The summed E-state index contributed by atoms with van der Waals surface area (Å²) in [5.41, 5.74) is 0.530. The Balaban J connectivity index is 1.94. The van der Waals surface area contributed by atoms with E-state index in [-0.39, 0.29) is 0 Å². The van der Waals surface area contributed by atoms with Crippen molar-refractivity contribution in [2.75, 3.05) is 19.6 Å². The highest BCUT2D eigenvalue weighted by molar-refractivity contribution is 5.01. The van der Waals surface area contributed by atoms with Crippen LogP contribution < -0.4 is 5.32 Å². The summed E-state index contributed by atoms with van der Waals surface area (Å²) < 4.78 is 0. The van der Waals surface area contributed by atoms with Crippen LogP contribution in [0.15, 0.2) is 0 Å². The Morgan fingerprint density at radius 1 is 1.33 bits per heavy atom. The van der Waals surface area contributed by atoms with Crippen LogP contribution >= 0.6 is 0 Å². The normalized spacial score (nSPS) is 37.2. The smallest absolute Gasteiger partial charge is 0.0321 e. The van der Waals surface area contributed by atoms with Crippen LogP contribution in [0.25, 0.3) is 0 Å². The number of rotatable bonds is 1. The Hall–Kier alpha value is -0.0800. The summed E-state index contributed by atoms with van der Waals surface area (Å²) in [6, 6.07) is 0.726. The van der Waals surface area contributed by atoms with E-state index in [4.69, 9.17) is 0 Å². The zero-order valence-corrected chi connectivity index (χ0v) is 8.27. The largest absolute Gasteiger partial charge is 0.310 e. The van der Waals surface area contributed by atoms with Gasteiger partial charge in [0.1, 0.15) is 0 Å². The Labute approximate surface area is 75.3 Å². The van der Waals surface area contributed by atoms with Crippen molar-refractivity contribution >= 4 is 0 Å². The molecule has 1 N–H and O–H groups in total. The lowest BCUT2D eigenvalue weighted by atomic mass is 9.80. The standard InChI is InChI=1S/C10H20N2/c1-9(2)12-7-3-4-10(8-12)5-6-11-10/h9,11H,3-8H2,1-2H3/t10-/m1/s1. The highest BCUT2D eigenvalue weighted by atomic mass is 15.2. The van der Waals surface area contributed by atoms with E-state index in [9.17, 15) is 0 Å². The summed E-state index contributed by atoms with van der Waals surface area (Å²) in [5, 5.41) is 3.60. The molecule has 2 aliphatic heterocycles. The number of piperidine rings is 1. The first-order chi connectivity index (χ1) is 5.72. The summed E-state index contributed by atoms with van der Waals surface area (Å²) >= 11 is 0. The molecule has 0 aromatic heterocycles. The van der Waals surface area contributed by atoms with Gasteiger partial charge in [-0.2, -0.15) is 0 Å². The quantitative estimate of drug-likeness (QED) is 0.633. The van der Waals surface area contributed by atoms with E-state index in [0.717, 1.165) is 6.04 Å². The van der Waals surface area contributed by atoms with Gasteiger partial charge in [0.25, 0.3) is 0 Å². The molecule has 2 nitrogen and oxygen atoms in total. The van der Waals surface area contributed by atoms with Crippen LogP contribution in [-0.4, -0.2) is 36.1 Å². The summed E-state index contributed by atoms with van der Waals surface area (Å²) in [5.74, 6) is 0. The lowest BCUT2D eigenvalue weighted by molar-refractivity contribution is 0.0537. The number of likely N-dealkylation sites (tertiary alicyclic amines) is 1. The van der Waals surface area contributed by atoms with Crippen molar-refractivity contribution in [2.24, 2.45) is 0 Å². The van der Waals surface area contributed by atoms with E-state index in [1.165, 1.54) is 38.9 Å². The van der Waals surface area contributed by atoms with E-state index in [1.807, 2.05) is 0 Å². The second-order valence-corrected chi connectivity index (χ2v) is 4.62. The SMILES string of the molecule is CC(C)N1CCC[C@@]2(CCN2)C1. The van der Waals surface area contributed by atoms with E-state index in [2.05, 4.69) is 24.1 Å². The summed E-state index contributed by atoms with van der Waals surface area (Å²) in [6.07, 6.45) is 4.18. The molecule has 0 bridgehead atoms. The molecular weight excluding hydrogens is 148 g/mol.